The van der Waals surface area contributed by atoms with E-state index in [-0.39, 0.29) is 17.1 Å². The molecule has 1 N–H and O–H groups in total. The lowest BCUT2D eigenvalue weighted by molar-refractivity contribution is -0.118. The molecule has 3 aromatic carbocycles. The summed E-state index contributed by atoms with van der Waals surface area (Å²) in [6.45, 7) is 7.43. The average molecular weight is 455 g/mol. The Morgan fingerprint density at radius 1 is 1.03 bits per heavy atom. The van der Waals surface area contributed by atoms with Crippen molar-refractivity contribution in [1.82, 2.24) is 4.57 Å². The summed E-state index contributed by atoms with van der Waals surface area (Å²) < 4.78 is 2.37. The van der Waals surface area contributed by atoms with Gasteiger partial charge in [0.15, 0.2) is 5.78 Å². The summed E-state index contributed by atoms with van der Waals surface area (Å²) in [6, 6.07) is 21.0. The van der Waals surface area contributed by atoms with Crippen LogP contribution in [0.2, 0.25) is 5.02 Å². The highest BCUT2D eigenvalue weighted by Gasteiger charge is 2.41. The molecule has 1 aliphatic carbocycles. The van der Waals surface area contributed by atoms with Crippen LogP contribution < -0.4 is 5.32 Å². The third-order valence-electron chi connectivity index (χ3n) is 7.26. The fourth-order valence-corrected chi connectivity index (χ4v) is 6.22. The molecule has 0 saturated carbocycles. The van der Waals surface area contributed by atoms with Crippen molar-refractivity contribution in [3.05, 3.63) is 88.1 Å². The summed E-state index contributed by atoms with van der Waals surface area (Å²) >= 11 is 6.47. The molecule has 4 heteroatoms. The Kier molecular flexibility index (Phi) is 4.50. The first-order valence-corrected chi connectivity index (χ1v) is 12.1. The lowest BCUT2D eigenvalue weighted by Gasteiger charge is -2.40. The van der Waals surface area contributed by atoms with Gasteiger partial charge in [-0.05, 0) is 60.2 Å². The van der Waals surface area contributed by atoms with Crippen LogP contribution in [0.15, 0.2) is 71.9 Å². The van der Waals surface area contributed by atoms with Gasteiger partial charge in [-0.15, -0.1) is 0 Å². The highest BCUT2D eigenvalue weighted by Crippen LogP contribution is 2.52. The zero-order valence-electron chi connectivity index (χ0n) is 19.2. The molecular formula is C29H27ClN2O. The first-order valence-electron chi connectivity index (χ1n) is 11.7. The number of aromatic nitrogens is 1. The van der Waals surface area contributed by atoms with Crippen molar-refractivity contribution < 1.29 is 4.79 Å². The van der Waals surface area contributed by atoms with Crippen LogP contribution in [0.5, 0.6) is 0 Å². The maximum absolute atomic E-state index is 13.6. The van der Waals surface area contributed by atoms with Gasteiger partial charge in [0, 0.05) is 62.7 Å². The normalized spacial score (nSPS) is 19.5. The molecule has 1 aliphatic heterocycles. The second-order valence-electron chi connectivity index (χ2n) is 10.1. The number of anilines is 1. The van der Waals surface area contributed by atoms with E-state index in [1.54, 1.807) is 0 Å². The molecule has 33 heavy (non-hydrogen) atoms. The number of halogens is 1. The molecule has 0 fully saturated rings. The van der Waals surface area contributed by atoms with E-state index in [9.17, 15) is 4.79 Å². The number of hydrogen-bond donors (Lipinski definition) is 1. The smallest absolute Gasteiger partial charge is 0.162 e. The van der Waals surface area contributed by atoms with Crippen LogP contribution in [0.1, 0.15) is 50.7 Å². The quantitative estimate of drug-likeness (QED) is 0.337. The number of nitrogens with one attached hydrogen (secondary N) is 1. The zero-order valence-corrected chi connectivity index (χ0v) is 20.0. The van der Waals surface area contributed by atoms with Crippen LogP contribution in [-0.4, -0.2) is 10.4 Å². The molecule has 1 unspecified atom stereocenters. The third kappa shape index (κ3) is 3.06. The molecule has 0 bridgehead atoms. The van der Waals surface area contributed by atoms with Gasteiger partial charge in [-0.3, -0.25) is 4.79 Å². The molecule has 166 valence electrons. The summed E-state index contributed by atoms with van der Waals surface area (Å²) in [5.74, 6) is 0.0963. The second kappa shape index (κ2) is 7.23. The first-order chi connectivity index (χ1) is 15.9. The van der Waals surface area contributed by atoms with E-state index in [1.807, 2.05) is 18.2 Å². The molecule has 3 nitrogen and oxygen atoms in total. The molecule has 1 atom stereocenters. The Morgan fingerprint density at radius 3 is 2.64 bits per heavy atom. The summed E-state index contributed by atoms with van der Waals surface area (Å²) in [7, 11) is 0. The molecule has 1 aromatic heterocycles. The highest BCUT2D eigenvalue weighted by molar-refractivity contribution is 6.30. The number of nitrogens with zero attached hydrogens (tertiary/aromatic N) is 1. The van der Waals surface area contributed by atoms with Crippen molar-refractivity contribution in [3.8, 4) is 0 Å². The Bertz CT molecular complexity index is 1490. The molecule has 0 amide bonds. The fourth-order valence-electron chi connectivity index (χ4n) is 6.02. The largest absolute Gasteiger partial charge is 0.358 e. The van der Waals surface area contributed by atoms with Gasteiger partial charge in [-0.25, -0.2) is 0 Å². The van der Waals surface area contributed by atoms with Crippen LogP contribution in [-0.2, 0) is 11.3 Å². The van der Waals surface area contributed by atoms with Gasteiger partial charge >= 0.3 is 0 Å². The van der Waals surface area contributed by atoms with E-state index in [0.29, 0.717) is 11.4 Å². The fraction of sp³-hybridized carbons (Fsp3) is 0.276. The maximum Gasteiger partial charge on any atom is 0.162 e. The van der Waals surface area contributed by atoms with Crippen molar-refractivity contribution in [2.45, 2.75) is 46.1 Å². The van der Waals surface area contributed by atoms with E-state index in [0.717, 1.165) is 35.5 Å². The predicted molar refractivity (Wildman–Crippen MR) is 137 cm³/mol. The summed E-state index contributed by atoms with van der Waals surface area (Å²) in [5.41, 5.74) is 7.70. The number of ketones is 1. The number of hydrogen-bond acceptors (Lipinski definition) is 2. The predicted octanol–water partition coefficient (Wildman–Crippen LogP) is 7.67. The van der Waals surface area contributed by atoms with Gasteiger partial charge < -0.3 is 9.88 Å². The number of Topliss-reactive ketones (excluding diaryl/α,β-unsaturated/α-hetero) is 1. The molecule has 0 spiro atoms. The second-order valence-corrected chi connectivity index (χ2v) is 10.6. The Hall–Kier alpha value is -3.04. The average Bonchev–Trinajstić information content (AvgIpc) is 3.10. The summed E-state index contributed by atoms with van der Waals surface area (Å²) in [5, 5.41) is 6.85. The van der Waals surface area contributed by atoms with E-state index in [4.69, 9.17) is 11.6 Å². The van der Waals surface area contributed by atoms with Crippen LogP contribution in [0.25, 0.3) is 21.8 Å². The minimum Gasteiger partial charge on any atom is -0.358 e. The maximum atomic E-state index is 13.6. The lowest BCUT2D eigenvalue weighted by Crippen LogP contribution is -2.33. The van der Waals surface area contributed by atoms with Crippen LogP contribution in [0.4, 0.5) is 5.69 Å². The van der Waals surface area contributed by atoms with Crippen molar-refractivity contribution in [2.75, 3.05) is 5.32 Å². The minimum atomic E-state index is -0.140. The molecule has 0 radical (unpaired) electrons. The summed E-state index contributed by atoms with van der Waals surface area (Å²) in [4.78, 5) is 13.6. The van der Waals surface area contributed by atoms with Crippen LogP contribution >= 0.6 is 11.6 Å². The molecule has 4 aromatic rings. The highest BCUT2D eigenvalue weighted by atomic mass is 35.5. The van der Waals surface area contributed by atoms with E-state index in [1.165, 1.54) is 27.4 Å². The molecule has 6 rings (SSSR count). The van der Waals surface area contributed by atoms with Crippen LogP contribution in [0.3, 0.4) is 0 Å². The van der Waals surface area contributed by atoms with Crippen molar-refractivity contribution in [1.29, 1.82) is 0 Å². The van der Waals surface area contributed by atoms with Crippen LogP contribution in [0, 0.1) is 5.41 Å². The van der Waals surface area contributed by atoms with E-state index < -0.39 is 0 Å². The number of allylic oxidation sites excluding steroid dienone is 2. The van der Waals surface area contributed by atoms with Gasteiger partial charge in [0.2, 0.25) is 0 Å². The standard InChI is InChI=1S/C29H27ClN2O/c1-4-32-22-11-6-5-10-19(22)26-23(32)13-12-20-28(26)25(17-8-7-9-18(30)14-17)27-21(31-20)15-29(2,3)16-24(27)33/h5-14,25,31H,4,15-16H2,1-3H3. The van der Waals surface area contributed by atoms with Gasteiger partial charge in [-0.2, -0.15) is 0 Å². The SMILES string of the molecule is CCn1c2ccccc2c2c3c(ccc21)NC1=C(C(=O)CC(C)(C)C1)C3c1cccc(Cl)c1. The van der Waals surface area contributed by atoms with E-state index in [2.05, 4.69) is 73.1 Å². The minimum absolute atomic E-state index is 0.0539. The number of benzene rings is 3. The van der Waals surface area contributed by atoms with Crippen molar-refractivity contribution in [3.63, 3.8) is 0 Å². The summed E-state index contributed by atoms with van der Waals surface area (Å²) in [6.07, 6.45) is 1.42. The molecule has 2 aliphatic rings. The number of fused-ring (bicyclic) bond motifs is 5. The first kappa shape index (κ1) is 20.6. The van der Waals surface area contributed by atoms with Gasteiger partial charge in [-0.1, -0.05) is 55.8 Å². The lowest BCUT2D eigenvalue weighted by atomic mass is 9.68. The van der Waals surface area contributed by atoms with Gasteiger partial charge in [0.1, 0.15) is 0 Å². The van der Waals surface area contributed by atoms with Crippen molar-refractivity contribution >= 4 is 44.9 Å². The third-order valence-corrected chi connectivity index (χ3v) is 7.49. The van der Waals surface area contributed by atoms with Gasteiger partial charge in [0.25, 0.3) is 0 Å². The molecule has 0 saturated heterocycles. The zero-order chi connectivity index (χ0) is 22.9. The molecule has 2 heterocycles. The number of rotatable bonds is 2. The van der Waals surface area contributed by atoms with E-state index >= 15 is 0 Å². The van der Waals surface area contributed by atoms with Gasteiger partial charge in [0.05, 0.1) is 0 Å². The Labute approximate surface area is 199 Å². The van der Waals surface area contributed by atoms with Crippen molar-refractivity contribution in [2.24, 2.45) is 5.41 Å². The number of carbonyl (C=O) groups excluding carboxylic acids is 1. The Morgan fingerprint density at radius 2 is 1.85 bits per heavy atom. The Balaban J connectivity index is 1.74. The number of carbonyl (C=O) groups is 1. The topological polar surface area (TPSA) is 34.0 Å². The molecular weight excluding hydrogens is 428 g/mol. The monoisotopic (exact) mass is 454 g/mol. The number of aryl methyl sites for hydroxylation is 1. The number of para-hydroxylation sites is 1.